The Balaban J connectivity index is 0.00000364. The Kier molecular flexibility index (Phi) is 9.52. The van der Waals surface area contributed by atoms with E-state index >= 15 is 0 Å². The molecule has 0 spiro atoms. The second-order valence-corrected chi connectivity index (χ2v) is 6.42. The summed E-state index contributed by atoms with van der Waals surface area (Å²) in [5.74, 6) is -0.195. The maximum atomic E-state index is 13.1. The Morgan fingerprint density at radius 3 is 2.63 bits per heavy atom. The number of hydrogen-bond donors (Lipinski definition) is 2. The number of amides is 1. The van der Waals surface area contributed by atoms with E-state index in [1.807, 2.05) is 0 Å². The van der Waals surface area contributed by atoms with E-state index in [4.69, 9.17) is 9.47 Å². The van der Waals surface area contributed by atoms with Crippen LogP contribution in [0.25, 0.3) is 0 Å². The quantitative estimate of drug-likeness (QED) is 0.647. The predicted molar refractivity (Wildman–Crippen MR) is 98.2 cm³/mol. The zero-order chi connectivity index (χ0) is 19.0. The first-order chi connectivity index (χ1) is 12.4. The number of carbonyl (C=O) groups excluding carboxylic acids is 1. The molecule has 2 N–H and O–H groups in total. The van der Waals surface area contributed by atoms with Crippen LogP contribution in [0.1, 0.15) is 24.0 Å². The molecule has 5 nitrogen and oxygen atoms in total. The molecule has 9 heteroatoms. The van der Waals surface area contributed by atoms with Gasteiger partial charge in [0.2, 0.25) is 5.91 Å². The molecule has 1 saturated heterocycles. The van der Waals surface area contributed by atoms with Crippen LogP contribution in [0.15, 0.2) is 24.3 Å². The molecule has 0 aromatic heterocycles. The molecule has 2 rings (SSSR count). The summed E-state index contributed by atoms with van der Waals surface area (Å²) < 4.78 is 49.5. The minimum absolute atomic E-state index is 0. The van der Waals surface area contributed by atoms with Crippen molar-refractivity contribution in [2.24, 2.45) is 0 Å². The van der Waals surface area contributed by atoms with Gasteiger partial charge in [0.25, 0.3) is 0 Å². The number of alkyl halides is 3. The largest absolute Gasteiger partial charge is 0.416 e. The van der Waals surface area contributed by atoms with Gasteiger partial charge in [-0.3, -0.25) is 4.79 Å². The van der Waals surface area contributed by atoms with Gasteiger partial charge in [0, 0.05) is 38.8 Å². The van der Waals surface area contributed by atoms with Crippen LogP contribution in [-0.2, 0) is 25.9 Å². The van der Waals surface area contributed by atoms with Crippen LogP contribution in [0.4, 0.5) is 13.2 Å². The average Bonchev–Trinajstić information content (AvgIpc) is 2.64. The third-order valence-corrected chi connectivity index (χ3v) is 4.64. The molecule has 0 radical (unpaired) electrons. The lowest BCUT2D eigenvalue weighted by Gasteiger charge is -2.38. The molecule has 1 heterocycles. The van der Waals surface area contributed by atoms with Crippen molar-refractivity contribution >= 4 is 18.3 Å². The Morgan fingerprint density at radius 2 is 2.00 bits per heavy atom. The first-order valence-corrected chi connectivity index (χ1v) is 8.59. The highest BCUT2D eigenvalue weighted by atomic mass is 35.5. The molecular weight excluding hydrogens is 385 g/mol. The highest BCUT2D eigenvalue weighted by molar-refractivity contribution is 5.85. The van der Waals surface area contributed by atoms with Gasteiger partial charge in [-0.15, -0.1) is 12.4 Å². The molecule has 0 bridgehead atoms. The molecule has 1 aliphatic heterocycles. The van der Waals surface area contributed by atoms with Gasteiger partial charge in [0.05, 0.1) is 18.7 Å². The lowest BCUT2D eigenvalue weighted by atomic mass is 9.73. The van der Waals surface area contributed by atoms with Crippen LogP contribution in [-0.4, -0.2) is 52.5 Å². The second kappa shape index (κ2) is 10.8. The molecule has 0 saturated carbocycles. The van der Waals surface area contributed by atoms with Crippen LogP contribution in [0.3, 0.4) is 0 Å². The Bertz CT molecular complexity index is 593. The minimum atomic E-state index is -4.39. The van der Waals surface area contributed by atoms with Crippen molar-refractivity contribution in [1.82, 2.24) is 10.6 Å². The number of halogens is 4. The Hall–Kier alpha value is -1.35. The van der Waals surface area contributed by atoms with Crippen molar-refractivity contribution in [2.75, 3.05) is 46.6 Å². The fourth-order valence-electron chi connectivity index (χ4n) is 3.06. The summed E-state index contributed by atoms with van der Waals surface area (Å²) in [5, 5.41) is 5.79. The lowest BCUT2D eigenvalue weighted by Crippen LogP contribution is -2.46. The lowest BCUT2D eigenvalue weighted by molar-refractivity contribution is -0.137. The number of ether oxygens (including phenoxy) is 2. The van der Waals surface area contributed by atoms with Gasteiger partial charge in [-0.25, -0.2) is 0 Å². The molecule has 1 amide bonds. The maximum absolute atomic E-state index is 13.1. The first-order valence-electron chi connectivity index (χ1n) is 8.59. The molecule has 0 atom stereocenters. The van der Waals surface area contributed by atoms with Crippen LogP contribution >= 0.6 is 12.4 Å². The number of hydrogen-bond acceptors (Lipinski definition) is 4. The standard InChI is InChI=1S/C18H25F3N2O3.ClH/c1-25-10-7-22-12-16(24)23-13-17(5-8-26-9-6-17)14-3-2-4-15(11-14)18(19,20)21;/h2-4,11,22H,5-10,12-13H2,1H3,(H,23,24);1H. The maximum Gasteiger partial charge on any atom is 0.416 e. The molecule has 27 heavy (non-hydrogen) atoms. The molecule has 154 valence electrons. The Labute approximate surface area is 163 Å². The van der Waals surface area contributed by atoms with Crippen LogP contribution < -0.4 is 10.6 Å². The summed E-state index contributed by atoms with van der Waals surface area (Å²) in [6.45, 7) is 2.38. The molecule has 0 aliphatic carbocycles. The van der Waals surface area contributed by atoms with Crippen molar-refractivity contribution in [3.05, 3.63) is 35.4 Å². The molecule has 1 aliphatic rings. The molecule has 1 aromatic rings. The Morgan fingerprint density at radius 1 is 1.30 bits per heavy atom. The number of carbonyl (C=O) groups is 1. The minimum Gasteiger partial charge on any atom is -0.383 e. The van der Waals surface area contributed by atoms with E-state index in [1.54, 1.807) is 13.2 Å². The van der Waals surface area contributed by atoms with E-state index < -0.39 is 17.2 Å². The van der Waals surface area contributed by atoms with E-state index in [9.17, 15) is 18.0 Å². The smallest absolute Gasteiger partial charge is 0.383 e. The predicted octanol–water partition coefficient (Wildman–Crippen LogP) is 2.53. The highest BCUT2D eigenvalue weighted by Gasteiger charge is 2.37. The summed E-state index contributed by atoms with van der Waals surface area (Å²) in [5.41, 5.74) is -0.640. The average molecular weight is 411 g/mol. The van der Waals surface area contributed by atoms with Gasteiger partial charge in [-0.1, -0.05) is 18.2 Å². The van der Waals surface area contributed by atoms with E-state index in [1.165, 1.54) is 12.1 Å². The van der Waals surface area contributed by atoms with Crippen molar-refractivity contribution in [2.45, 2.75) is 24.4 Å². The monoisotopic (exact) mass is 410 g/mol. The fraction of sp³-hybridized carbons (Fsp3) is 0.611. The number of rotatable bonds is 8. The second-order valence-electron chi connectivity index (χ2n) is 6.42. The number of methoxy groups -OCH3 is 1. The van der Waals surface area contributed by atoms with Crippen molar-refractivity contribution in [1.29, 1.82) is 0 Å². The van der Waals surface area contributed by atoms with E-state index in [-0.39, 0.29) is 31.4 Å². The molecule has 1 fully saturated rings. The van der Waals surface area contributed by atoms with Gasteiger partial charge < -0.3 is 20.1 Å². The van der Waals surface area contributed by atoms with E-state index in [0.717, 1.165) is 6.07 Å². The summed E-state index contributed by atoms with van der Waals surface area (Å²) in [7, 11) is 1.58. The van der Waals surface area contributed by atoms with Crippen LogP contribution in [0.2, 0.25) is 0 Å². The molecule has 0 unspecified atom stereocenters. The van der Waals surface area contributed by atoms with Gasteiger partial charge >= 0.3 is 6.18 Å². The van der Waals surface area contributed by atoms with Gasteiger partial charge in [-0.05, 0) is 24.5 Å². The van der Waals surface area contributed by atoms with Crippen LogP contribution in [0, 0.1) is 0 Å². The van der Waals surface area contributed by atoms with E-state index in [0.29, 0.717) is 44.8 Å². The summed E-state index contributed by atoms with van der Waals surface area (Å²) in [6, 6.07) is 5.37. The number of benzene rings is 1. The highest BCUT2D eigenvalue weighted by Crippen LogP contribution is 2.37. The zero-order valence-electron chi connectivity index (χ0n) is 15.2. The molecule has 1 aromatic carbocycles. The van der Waals surface area contributed by atoms with Crippen molar-refractivity contribution < 1.29 is 27.4 Å². The number of nitrogens with one attached hydrogen (secondary N) is 2. The fourth-order valence-corrected chi connectivity index (χ4v) is 3.06. The van der Waals surface area contributed by atoms with Gasteiger partial charge in [0.1, 0.15) is 0 Å². The third kappa shape index (κ3) is 6.95. The van der Waals surface area contributed by atoms with Crippen molar-refractivity contribution in [3.63, 3.8) is 0 Å². The molecular formula is C18H26ClF3N2O3. The first kappa shape index (κ1) is 23.7. The normalized spacial score (nSPS) is 16.4. The van der Waals surface area contributed by atoms with Crippen LogP contribution in [0.5, 0.6) is 0 Å². The van der Waals surface area contributed by atoms with Gasteiger partial charge in [0.15, 0.2) is 0 Å². The van der Waals surface area contributed by atoms with Gasteiger partial charge in [-0.2, -0.15) is 13.2 Å². The summed E-state index contributed by atoms with van der Waals surface area (Å²) in [6.07, 6.45) is -3.27. The summed E-state index contributed by atoms with van der Waals surface area (Å²) in [4.78, 5) is 12.0. The SMILES string of the molecule is COCCNCC(=O)NCC1(c2cccc(C(F)(F)F)c2)CCOCC1.Cl. The third-order valence-electron chi connectivity index (χ3n) is 4.64. The summed E-state index contributed by atoms with van der Waals surface area (Å²) >= 11 is 0. The van der Waals surface area contributed by atoms with Crippen molar-refractivity contribution in [3.8, 4) is 0 Å². The van der Waals surface area contributed by atoms with E-state index in [2.05, 4.69) is 10.6 Å². The zero-order valence-corrected chi connectivity index (χ0v) is 16.0. The topological polar surface area (TPSA) is 59.6 Å².